The molecule has 2 N–H and O–H groups in total. The van der Waals surface area contributed by atoms with Gasteiger partial charge in [-0.3, -0.25) is 4.79 Å². The molecule has 5 nitrogen and oxygen atoms in total. The Kier molecular flexibility index (Phi) is 14.6. The normalized spacial score (nSPS) is 11.6. The Morgan fingerprint density at radius 1 is 0.861 bits per heavy atom. The highest BCUT2D eigenvalue weighted by Crippen LogP contribution is 2.18. The number of ether oxygens (including phenoxy) is 1. The smallest absolute Gasteiger partial charge is 0.187 e. The van der Waals surface area contributed by atoms with Crippen LogP contribution >= 0.6 is 0 Å². The second-order valence-electron chi connectivity index (χ2n) is 9.39. The summed E-state index contributed by atoms with van der Waals surface area (Å²) in [7, 11) is 0. The van der Waals surface area contributed by atoms with Crippen LogP contribution in [-0.2, 0) is 6.61 Å². The number of carbonyl (C=O) groups is 1. The number of allylic oxidation sites excluding steroid dienone is 2. The molecule has 0 radical (unpaired) electrons. The third-order valence-electron chi connectivity index (χ3n) is 6.23. The third-order valence-corrected chi connectivity index (χ3v) is 6.23. The number of hydrogen-bond acceptors (Lipinski definition) is 5. The Morgan fingerprint density at radius 3 is 2.06 bits per heavy atom. The predicted octanol–water partition coefficient (Wildman–Crippen LogP) is 7.22. The second kappa shape index (κ2) is 17.7. The average molecular weight is 495 g/mol. The molecule has 0 unspecified atom stereocenters. The SMILES string of the molecule is CCCC/C(=C\C(=O)c1ccc(OCCCN(CCCC)CCCC)cc1)Nc1ccc(CO)cc1. The Bertz CT molecular complexity index is 883. The maximum atomic E-state index is 12.9. The number of ketones is 1. The van der Waals surface area contributed by atoms with Crippen molar-refractivity contribution in [2.45, 2.75) is 78.7 Å². The maximum Gasteiger partial charge on any atom is 0.187 e. The molecule has 0 saturated heterocycles. The first-order chi connectivity index (χ1) is 17.6. The van der Waals surface area contributed by atoms with E-state index in [1.807, 2.05) is 48.5 Å². The zero-order valence-electron chi connectivity index (χ0n) is 22.6. The molecule has 2 aromatic carbocycles. The van der Waals surface area contributed by atoms with Crippen molar-refractivity contribution >= 4 is 11.5 Å². The lowest BCUT2D eigenvalue weighted by atomic mass is 10.1. The summed E-state index contributed by atoms with van der Waals surface area (Å²) in [5.74, 6) is 0.784. The lowest BCUT2D eigenvalue weighted by molar-refractivity contribution is 0.104. The van der Waals surface area contributed by atoms with Crippen molar-refractivity contribution in [2.24, 2.45) is 0 Å². The van der Waals surface area contributed by atoms with Gasteiger partial charge in [0.1, 0.15) is 5.75 Å². The largest absolute Gasteiger partial charge is 0.494 e. The van der Waals surface area contributed by atoms with Crippen molar-refractivity contribution in [3.05, 3.63) is 71.4 Å². The Morgan fingerprint density at radius 2 is 1.47 bits per heavy atom. The molecule has 0 aliphatic rings. The van der Waals surface area contributed by atoms with Gasteiger partial charge in [0.25, 0.3) is 0 Å². The van der Waals surface area contributed by atoms with Gasteiger partial charge >= 0.3 is 0 Å². The molecule has 0 bridgehead atoms. The number of carbonyl (C=O) groups excluding carboxylic acids is 1. The van der Waals surface area contributed by atoms with E-state index in [1.54, 1.807) is 6.08 Å². The van der Waals surface area contributed by atoms with Crippen LogP contribution in [0.1, 0.15) is 88.1 Å². The molecule has 2 aromatic rings. The number of aliphatic hydroxyl groups is 1. The van der Waals surface area contributed by atoms with Crippen LogP contribution in [0.3, 0.4) is 0 Å². The van der Waals surface area contributed by atoms with Gasteiger partial charge in [-0.2, -0.15) is 0 Å². The molecule has 0 aliphatic heterocycles. The summed E-state index contributed by atoms with van der Waals surface area (Å²) in [5, 5.41) is 12.6. The van der Waals surface area contributed by atoms with Gasteiger partial charge in [-0.1, -0.05) is 52.2 Å². The van der Waals surface area contributed by atoms with Gasteiger partial charge < -0.3 is 20.1 Å². The fourth-order valence-corrected chi connectivity index (χ4v) is 3.95. The molecule has 2 rings (SSSR count). The first kappa shape index (κ1) is 29.6. The Hall–Kier alpha value is -2.63. The molecule has 198 valence electrons. The van der Waals surface area contributed by atoms with Crippen LogP contribution in [0.2, 0.25) is 0 Å². The topological polar surface area (TPSA) is 61.8 Å². The van der Waals surface area contributed by atoms with Crippen molar-refractivity contribution in [3.8, 4) is 5.75 Å². The molecule has 0 atom stereocenters. The zero-order chi connectivity index (χ0) is 26.0. The number of anilines is 1. The molecule has 0 amide bonds. The number of hydrogen-bond donors (Lipinski definition) is 2. The van der Waals surface area contributed by atoms with Crippen LogP contribution in [0.4, 0.5) is 5.69 Å². The number of rotatable bonds is 19. The molecule has 0 saturated carbocycles. The highest BCUT2D eigenvalue weighted by molar-refractivity contribution is 6.05. The first-order valence-electron chi connectivity index (χ1n) is 13.8. The molecule has 0 aliphatic carbocycles. The van der Waals surface area contributed by atoms with E-state index in [4.69, 9.17) is 4.74 Å². The van der Waals surface area contributed by atoms with E-state index in [9.17, 15) is 9.90 Å². The average Bonchev–Trinajstić information content (AvgIpc) is 2.91. The van der Waals surface area contributed by atoms with Crippen LogP contribution in [-0.4, -0.2) is 42.0 Å². The van der Waals surface area contributed by atoms with Crippen molar-refractivity contribution in [2.75, 3.05) is 31.6 Å². The van der Waals surface area contributed by atoms with E-state index in [2.05, 4.69) is 31.0 Å². The van der Waals surface area contributed by atoms with Gasteiger partial charge in [0.15, 0.2) is 5.78 Å². The highest BCUT2D eigenvalue weighted by Gasteiger charge is 2.08. The molecule has 0 spiro atoms. The summed E-state index contributed by atoms with van der Waals surface area (Å²) in [6.45, 7) is 10.7. The van der Waals surface area contributed by atoms with Gasteiger partial charge in [0, 0.05) is 29.6 Å². The summed E-state index contributed by atoms with van der Waals surface area (Å²) in [6, 6.07) is 15.1. The molecule has 0 fully saturated rings. The van der Waals surface area contributed by atoms with E-state index in [0.29, 0.717) is 12.2 Å². The highest BCUT2D eigenvalue weighted by atomic mass is 16.5. The lowest BCUT2D eigenvalue weighted by Crippen LogP contribution is -2.28. The van der Waals surface area contributed by atoms with Crippen LogP contribution in [0.5, 0.6) is 5.75 Å². The van der Waals surface area contributed by atoms with Crippen LogP contribution < -0.4 is 10.1 Å². The first-order valence-corrected chi connectivity index (χ1v) is 13.8. The fourth-order valence-electron chi connectivity index (χ4n) is 3.95. The van der Waals surface area contributed by atoms with Gasteiger partial charge in [0.05, 0.1) is 13.2 Å². The van der Waals surface area contributed by atoms with Gasteiger partial charge in [-0.05, 0) is 87.2 Å². The van der Waals surface area contributed by atoms with Crippen molar-refractivity contribution in [1.82, 2.24) is 4.90 Å². The van der Waals surface area contributed by atoms with Crippen LogP contribution in [0.25, 0.3) is 0 Å². The molecule has 36 heavy (non-hydrogen) atoms. The number of nitrogens with one attached hydrogen (secondary N) is 1. The van der Waals surface area contributed by atoms with E-state index in [0.717, 1.165) is 54.9 Å². The van der Waals surface area contributed by atoms with Crippen molar-refractivity contribution in [3.63, 3.8) is 0 Å². The van der Waals surface area contributed by atoms with Crippen LogP contribution in [0, 0.1) is 0 Å². The lowest BCUT2D eigenvalue weighted by Gasteiger charge is -2.21. The Balaban J connectivity index is 1.90. The van der Waals surface area contributed by atoms with Crippen molar-refractivity contribution < 1.29 is 14.6 Å². The fraction of sp³-hybridized carbons (Fsp3) is 0.516. The molecule has 0 aromatic heterocycles. The minimum Gasteiger partial charge on any atom is -0.494 e. The van der Waals surface area contributed by atoms with Crippen molar-refractivity contribution in [1.29, 1.82) is 0 Å². The van der Waals surface area contributed by atoms with E-state index >= 15 is 0 Å². The maximum absolute atomic E-state index is 12.9. The second-order valence-corrected chi connectivity index (χ2v) is 9.39. The predicted molar refractivity (Wildman–Crippen MR) is 151 cm³/mol. The molecular weight excluding hydrogens is 448 g/mol. The minimum absolute atomic E-state index is 0.0189. The minimum atomic E-state index is -0.0189. The van der Waals surface area contributed by atoms with Gasteiger partial charge in [0.2, 0.25) is 0 Å². The van der Waals surface area contributed by atoms with E-state index in [1.165, 1.54) is 38.8 Å². The standard InChI is InChI=1S/C31H46N2O3/c1-4-7-11-29(32-28-16-12-26(25-34)13-17-28)24-31(35)27-14-18-30(19-15-27)36-23-10-22-33(20-8-5-2)21-9-6-3/h12-19,24,32,34H,4-11,20-23,25H2,1-3H3/b29-24+. The number of aliphatic hydroxyl groups excluding tert-OH is 1. The monoisotopic (exact) mass is 494 g/mol. The summed E-state index contributed by atoms with van der Waals surface area (Å²) in [6.07, 6.45) is 10.5. The summed E-state index contributed by atoms with van der Waals surface area (Å²) in [5.41, 5.74) is 3.33. The Labute approximate surface area is 218 Å². The molecule has 5 heteroatoms. The summed E-state index contributed by atoms with van der Waals surface area (Å²) in [4.78, 5) is 15.5. The van der Waals surface area contributed by atoms with E-state index < -0.39 is 0 Å². The molecule has 0 heterocycles. The number of nitrogens with zero attached hydrogens (tertiary/aromatic N) is 1. The number of benzene rings is 2. The molecular formula is C31H46N2O3. The van der Waals surface area contributed by atoms with Gasteiger partial charge in [-0.25, -0.2) is 0 Å². The quantitative estimate of drug-likeness (QED) is 0.123. The third kappa shape index (κ3) is 11.4. The summed E-state index contributed by atoms with van der Waals surface area (Å²) < 4.78 is 5.95. The zero-order valence-corrected chi connectivity index (χ0v) is 22.6. The van der Waals surface area contributed by atoms with Gasteiger partial charge in [-0.15, -0.1) is 0 Å². The number of unbranched alkanes of at least 4 members (excludes halogenated alkanes) is 3. The van der Waals surface area contributed by atoms with Crippen LogP contribution in [0.15, 0.2) is 60.3 Å². The summed E-state index contributed by atoms with van der Waals surface area (Å²) >= 11 is 0. The van der Waals surface area contributed by atoms with E-state index in [-0.39, 0.29) is 12.4 Å².